The van der Waals surface area contributed by atoms with E-state index in [9.17, 15) is 5.11 Å². The fourth-order valence-corrected chi connectivity index (χ4v) is 4.16. The lowest BCUT2D eigenvalue weighted by molar-refractivity contribution is -0.293. The first-order valence-electron chi connectivity index (χ1n) is 10.0. The highest BCUT2D eigenvalue weighted by Crippen LogP contribution is 2.41. The first-order valence-corrected chi connectivity index (χ1v) is 10.0. The van der Waals surface area contributed by atoms with Crippen molar-refractivity contribution in [1.29, 1.82) is 0 Å². The predicted octanol–water partition coefficient (Wildman–Crippen LogP) is 4.59. The Bertz CT molecular complexity index is 605. The van der Waals surface area contributed by atoms with Crippen LogP contribution in [-0.4, -0.2) is 42.1 Å². The lowest BCUT2D eigenvalue weighted by Gasteiger charge is -2.46. The summed E-state index contributed by atoms with van der Waals surface area (Å²) in [5.41, 5.74) is 1.31. The molecule has 2 aliphatic heterocycles. The summed E-state index contributed by atoms with van der Waals surface area (Å²) < 4.78 is 12.2. The molecule has 146 valence electrons. The number of likely N-dealkylation sites (tertiary alicyclic amines) is 1. The Hall–Kier alpha value is -1.10. The fraction of sp³-hybridized carbons (Fsp3) is 0.727. The number of hydrogen-bond donors (Lipinski definition) is 1. The number of piperidine rings is 1. The highest BCUT2D eigenvalue weighted by atomic mass is 16.7. The van der Waals surface area contributed by atoms with Gasteiger partial charge in [0.25, 0.3) is 0 Å². The molecule has 4 heteroatoms. The summed E-state index contributed by atoms with van der Waals surface area (Å²) in [6.07, 6.45) is 2.07. The second kappa shape index (κ2) is 7.49. The maximum Gasteiger partial charge on any atom is 0.166 e. The van der Waals surface area contributed by atoms with Gasteiger partial charge in [-0.15, -0.1) is 0 Å². The van der Waals surface area contributed by atoms with Gasteiger partial charge in [-0.25, -0.2) is 0 Å². The summed E-state index contributed by atoms with van der Waals surface area (Å²) in [6, 6.07) is 8.09. The van der Waals surface area contributed by atoms with Gasteiger partial charge in [-0.3, -0.25) is 4.90 Å². The van der Waals surface area contributed by atoms with Crippen LogP contribution in [0.1, 0.15) is 59.1 Å². The number of aromatic hydroxyl groups is 1. The smallest absolute Gasteiger partial charge is 0.166 e. The highest BCUT2D eigenvalue weighted by molar-refractivity contribution is 5.30. The van der Waals surface area contributed by atoms with E-state index in [0.717, 1.165) is 32.7 Å². The van der Waals surface area contributed by atoms with E-state index in [0.29, 0.717) is 23.6 Å². The second-order valence-electron chi connectivity index (χ2n) is 9.33. The number of hydrogen-bond acceptors (Lipinski definition) is 4. The number of nitrogens with zero attached hydrogens (tertiary/aromatic N) is 1. The van der Waals surface area contributed by atoms with Crippen LogP contribution in [0.5, 0.6) is 5.75 Å². The van der Waals surface area contributed by atoms with Gasteiger partial charge >= 0.3 is 0 Å². The first kappa shape index (κ1) is 19.7. The van der Waals surface area contributed by atoms with Crippen molar-refractivity contribution in [3.63, 3.8) is 0 Å². The van der Waals surface area contributed by atoms with Crippen LogP contribution in [0.15, 0.2) is 24.3 Å². The summed E-state index contributed by atoms with van der Waals surface area (Å²) in [5, 5.41) is 9.95. The van der Waals surface area contributed by atoms with E-state index >= 15 is 0 Å². The molecule has 3 rings (SSSR count). The van der Waals surface area contributed by atoms with Crippen LogP contribution >= 0.6 is 0 Å². The van der Waals surface area contributed by atoms with Crippen LogP contribution in [0.3, 0.4) is 0 Å². The molecule has 1 aromatic rings. The van der Waals surface area contributed by atoms with Crippen molar-refractivity contribution in [2.45, 2.75) is 59.3 Å². The molecular weight excluding hydrogens is 326 g/mol. The summed E-state index contributed by atoms with van der Waals surface area (Å²) in [4.78, 5) is 2.55. The third kappa shape index (κ3) is 4.41. The van der Waals surface area contributed by atoms with Crippen LogP contribution in [0.4, 0.5) is 0 Å². The number of benzene rings is 1. The zero-order valence-electron chi connectivity index (χ0n) is 17.0. The van der Waals surface area contributed by atoms with E-state index < -0.39 is 5.79 Å². The molecule has 1 unspecified atom stereocenters. The topological polar surface area (TPSA) is 41.9 Å². The van der Waals surface area contributed by atoms with Crippen molar-refractivity contribution in [2.75, 3.05) is 26.3 Å². The number of rotatable bonds is 4. The predicted molar refractivity (Wildman–Crippen MR) is 104 cm³/mol. The molecule has 0 spiro atoms. The molecule has 2 heterocycles. The third-order valence-electron chi connectivity index (χ3n) is 6.26. The molecule has 0 radical (unpaired) electrons. The summed E-state index contributed by atoms with van der Waals surface area (Å²) in [6.45, 7) is 14.6. The molecule has 26 heavy (non-hydrogen) atoms. The fourth-order valence-electron chi connectivity index (χ4n) is 4.16. The van der Waals surface area contributed by atoms with E-state index in [1.165, 1.54) is 12.0 Å². The normalized spacial score (nSPS) is 31.7. The maximum atomic E-state index is 9.95. The Morgan fingerprint density at radius 3 is 2.50 bits per heavy atom. The van der Waals surface area contributed by atoms with Gasteiger partial charge < -0.3 is 14.6 Å². The van der Waals surface area contributed by atoms with Crippen molar-refractivity contribution in [3.8, 4) is 5.75 Å². The monoisotopic (exact) mass is 361 g/mol. The van der Waals surface area contributed by atoms with Crippen molar-refractivity contribution >= 4 is 0 Å². The summed E-state index contributed by atoms with van der Waals surface area (Å²) in [7, 11) is 0. The minimum atomic E-state index is -0.495. The Labute approximate surface area is 158 Å². The second-order valence-corrected chi connectivity index (χ2v) is 9.33. The van der Waals surface area contributed by atoms with Gasteiger partial charge in [0, 0.05) is 24.4 Å². The molecular formula is C22H35NO3. The van der Waals surface area contributed by atoms with Crippen molar-refractivity contribution in [1.82, 2.24) is 4.90 Å². The summed E-state index contributed by atoms with van der Waals surface area (Å²) in [5.74, 6) is 1.08. The van der Waals surface area contributed by atoms with Gasteiger partial charge in [0.05, 0.1) is 13.2 Å². The quantitative estimate of drug-likeness (QED) is 0.852. The maximum absolute atomic E-state index is 9.95. The number of phenolic OH excluding ortho intramolecular Hbond substituents is 1. The Morgan fingerprint density at radius 2 is 1.85 bits per heavy atom. The molecule has 0 aromatic heterocycles. The zero-order chi connectivity index (χ0) is 18.9. The first-order chi connectivity index (χ1) is 12.2. The van der Waals surface area contributed by atoms with Gasteiger partial charge in [0.2, 0.25) is 0 Å². The van der Waals surface area contributed by atoms with Gasteiger partial charge in [0.15, 0.2) is 5.79 Å². The van der Waals surface area contributed by atoms with Crippen LogP contribution in [0.25, 0.3) is 0 Å². The van der Waals surface area contributed by atoms with Gasteiger partial charge in [-0.05, 0) is 49.4 Å². The summed E-state index contributed by atoms with van der Waals surface area (Å²) >= 11 is 0. The van der Waals surface area contributed by atoms with Crippen LogP contribution < -0.4 is 0 Å². The molecule has 0 amide bonds. The van der Waals surface area contributed by atoms with Gasteiger partial charge in [0.1, 0.15) is 5.75 Å². The molecule has 4 nitrogen and oxygen atoms in total. The van der Waals surface area contributed by atoms with E-state index in [2.05, 4.69) is 45.6 Å². The molecule has 3 atom stereocenters. The standard InChI is InChI=1S/C22H35NO3/c1-16-9-11-23(12-10-22(5)25-14-21(3,4)15-26-22)20(17(16)2)18-7-6-8-19(24)13-18/h6-8,13,16-17,20,24H,9-12,14-15H2,1-5H3/t16-,17+,20?/m0/s1. The molecule has 0 bridgehead atoms. The lowest BCUT2D eigenvalue weighted by atomic mass is 9.79. The van der Waals surface area contributed by atoms with Gasteiger partial charge in [-0.1, -0.05) is 39.8 Å². The molecule has 1 aromatic carbocycles. The van der Waals surface area contributed by atoms with Crippen molar-refractivity contribution in [3.05, 3.63) is 29.8 Å². The molecule has 0 aliphatic carbocycles. The van der Waals surface area contributed by atoms with E-state index in [1.807, 2.05) is 12.1 Å². The van der Waals surface area contributed by atoms with E-state index in [4.69, 9.17) is 9.47 Å². The van der Waals surface area contributed by atoms with E-state index in [1.54, 1.807) is 6.07 Å². The minimum Gasteiger partial charge on any atom is -0.508 e. The Balaban J connectivity index is 1.71. The number of ether oxygens (including phenoxy) is 2. The largest absolute Gasteiger partial charge is 0.508 e. The highest BCUT2D eigenvalue weighted by Gasteiger charge is 2.39. The SMILES string of the molecule is C[C@H]1CCN(CCC2(C)OCC(C)(C)CO2)C(c2cccc(O)c2)[C@@H]1C. The Morgan fingerprint density at radius 1 is 1.15 bits per heavy atom. The molecule has 2 fully saturated rings. The Kier molecular flexibility index (Phi) is 5.66. The lowest BCUT2D eigenvalue weighted by Crippen LogP contribution is -2.49. The van der Waals surface area contributed by atoms with Gasteiger partial charge in [-0.2, -0.15) is 0 Å². The molecule has 1 N–H and O–H groups in total. The number of phenols is 1. The average molecular weight is 362 g/mol. The van der Waals surface area contributed by atoms with Crippen LogP contribution in [0, 0.1) is 17.3 Å². The average Bonchev–Trinajstić information content (AvgIpc) is 2.59. The van der Waals surface area contributed by atoms with Crippen molar-refractivity contribution < 1.29 is 14.6 Å². The molecule has 0 saturated carbocycles. The minimum absolute atomic E-state index is 0.0959. The van der Waals surface area contributed by atoms with Crippen LogP contribution in [0.2, 0.25) is 0 Å². The molecule has 2 saturated heterocycles. The van der Waals surface area contributed by atoms with Crippen molar-refractivity contribution in [2.24, 2.45) is 17.3 Å². The van der Waals surface area contributed by atoms with E-state index in [-0.39, 0.29) is 5.41 Å². The van der Waals surface area contributed by atoms with Crippen LogP contribution in [-0.2, 0) is 9.47 Å². The third-order valence-corrected chi connectivity index (χ3v) is 6.26. The molecule has 2 aliphatic rings. The zero-order valence-corrected chi connectivity index (χ0v) is 17.0.